The largest absolute Gasteiger partial charge is 0.357 e. The maximum atomic E-state index is 12.3. The monoisotopic (exact) mass is 522 g/mol. The Morgan fingerprint density at radius 1 is 1.24 bits per heavy atom. The average Bonchev–Trinajstić information content (AvgIpc) is 2.61. The molecule has 0 atom stereocenters. The lowest BCUT2D eigenvalue weighted by Gasteiger charge is -2.27. The smallest absolute Gasteiger partial charge is 0.244 e. The van der Waals surface area contributed by atoms with Crippen molar-refractivity contribution in [2.24, 2.45) is 4.99 Å². The number of hydrogen-bond acceptors (Lipinski definition) is 2. The third-order valence-corrected chi connectivity index (χ3v) is 4.63. The van der Waals surface area contributed by atoms with Crippen LogP contribution < -0.4 is 5.32 Å². The summed E-state index contributed by atoms with van der Waals surface area (Å²) in [7, 11) is 1.99. The Labute approximate surface area is 176 Å². The van der Waals surface area contributed by atoms with Gasteiger partial charge in [0.2, 0.25) is 5.91 Å². The molecule has 1 aromatic carbocycles. The molecule has 7 heteroatoms. The van der Waals surface area contributed by atoms with E-state index in [0.29, 0.717) is 0 Å². The molecule has 0 aromatic heterocycles. The molecule has 1 heterocycles. The number of aliphatic imine (C=N–C) groups is 1. The van der Waals surface area contributed by atoms with Crippen LogP contribution in [0.4, 0.5) is 0 Å². The Hall–Kier alpha value is -0.830. The number of likely N-dealkylation sites (tertiary alicyclic amines) is 1. The first-order valence-electron chi connectivity index (χ1n) is 8.62. The molecule has 0 bridgehead atoms. The van der Waals surface area contributed by atoms with Crippen molar-refractivity contribution in [2.75, 3.05) is 33.2 Å². The summed E-state index contributed by atoms with van der Waals surface area (Å²) in [5.74, 6) is 0.896. The lowest BCUT2D eigenvalue weighted by Crippen LogP contribution is -2.41. The summed E-state index contributed by atoms with van der Waals surface area (Å²) < 4.78 is 1.07. The number of carbonyl (C=O) groups excluding carboxylic acids is 1. The van der Waals surface area contributed by atoms with Crippen LogP contribution >= 0.6 is 39.9 Å². The summed E-state index contributed by atoms with van der Waals surface area (Å²) in [6.07, 6.45) is 3.45. The number of guanidine groups is 1. The number of carbonyl (C=O) groups is 1. The van der Waals surface area contributed by atoms with Gasteiger partial charge < -0.3 is 15.1 Å². The number of piperidine rings is 1. The molecule has 0 radical (unpaired) electrons. The zero-order valence-corrected chi connectivity index (χ0v) is 18.9. The van der Waals surface area contributed by atoms with Gasteiger partial charge in [-0.3, -0.25) is 4.79 Å². The number of amides is 1. The van der Waals surface area contributed by atoms with E-state index in [1.807, 2.05) is 31.0 Å². The lowest BCUT2D eigenvalue weighted by molar-refractivity contribution is -0.130. The maximum absolute atomic E-state index is 12.3. The van der Waals surface area contributed by atoms with Gasteiger partial charge in [0, 0.05) is 37.7 Å². The standard InChI is InChI=1S/C18H27BrN4O.HI/c1-3-20-18(21-13-17(24)23-11-5-4-6-12-23)22(2)14-15-7-9-16(19)10-8-15;/h7-10H,3-6,11-14H2,1-2H3,(H,20,21);1H. The highest BCUT2D eigenvalue weighted by atomic mass is 127. The SMILES string of the molecule is CCNC(=NCC(=O)N1CCCCC1)N(C)Cc1ccc(Br)cc1.I. The van der Waals surface area contributed by atoms with Gasteiger partial charge in [0.25, 0.3) is 0 Å². The van der Waals surface area contributed by atoms with Crippen LogP contribution in [-0.4, -0.2) is 54.9 Å². The minimum Gasteiger partial charge on any atom is -0.357 e. The van der Waals surface area contributed by atoms with Gasteiger partial charge in [0.15, 0.2) is 5.96 Å². The van der Waals surface area contributed by atoms with Crippen molar-refractivity contribution in [2.45, 2.75) is 32.7 Å². The van der Waals surface area contributed by atoms with Gasteiger partial charge in [-0.1, -0.05) is 28.1 Å². The Morgan fingerprint density at radius 2 is 1.88 bits per heavy atom. The summed E-state index contributed by atoms with van der Waals surface area (Å²) in [6, 6.07) is 8.24. The molecule has 0 spiro atoms. The van der Waals surface area contributed by atoms with E-state index in [-0.39, 0.29) is 36.4 Å². The van der Waals surface area contributed by atoms with Gasteiger partial charge in [-0.05, 0) is 43.9 Å². The third-order valence-electron chi connectivity index (χ3n) is 4.10. The first kappa shape index (κ1) is 22.2. The van der Waals surface area contributed by atoms with E-state index in [2.05, 4.69) is 43.3 Å². The van der Waals surface area contributed by atoms with E-state index in [9.17, 15) is 4.79 Å². The maximum Gasteiger partial charge on any atom is 0.244 e. The fourth-order valence-electron chi connectivity index (χ4n) is 2.79. The quantitative estimate of drug-likeness (QED) is 0.366. The highest BCUT2D eigenvalue weighted by molar-refractivity contribution is 14.0. The summed E-state index contributed by atoms with van der Waals surface area (Å²) in [6.45, 7) is 5.53. The Balaban J connectivity index is 0.00000312. The van der Waals surface area contributed by atoms with Gasteiger partial charge in [-0.25, -0.2) is 4.99 Å². The van der Waals surface area contributed by atoms with E-state index in [4.69, 9.17) is 0 Å². The van der Waals surface area contributed by atoms with Gasteiger partial charge in [0.1, 0.15) is 6.54 Å². The van der Waals surface area contributed by atoms with Crippen molar-refractivity contribution in [1.82, 2.24) is 15.1 Å². The van der Waals surface area contributed by atoms with Crippen molar-refractivity contribution in [3.8, 4) is 0 Å². The zero-order valence-electron chi connectivity index (χ0n) is 15.0. The van der Waals surface area contributed by atoms with E-state index >= 15 is 0 Å². The lowest BCUT2D eigenvalue weighted by atomic mass is 10.1. The minimum absolute atomic E-state index is 0. The highest BCUT2D eigenvalue weighted by Gasteiger charge is 2.16. The number of nitrogens with zero attached hydrogens (tertiary/aromatic N) is 3. The molecule has 1 fully saturated rings. The fourth-order valence-corrected chi connectivity index (χ4v) is 3.06. The molecule has 140 valence electrons. The van der Waals surface area contributed by atoms with Crippen molar-refractivity contribution < 1.29 is 4.79 Å². The summed E-state index contributed by atoms with van der Waals surface area (Å²) in [4.78, 5) is 20.8. The minimum atomic E-state index is 0. The third kappa shape index (κ3) is 7.52. The van der Waals surface area contributed by atoms with Gasteiger partial charge in [0.05, 0.1) is 0 Å². The van der Waals surface area contributed by atoms with Crippen LogP contribution in [0, 0.1) is 0 Å². The molecule has 0 aliphatic carbocycles. The van der Waals surface area contributed by atoms with E-state index < -0.39 is 0 Å². The molecule has 1 aromatic rings. The Bertz CT molecular complexity index is 559. The van der Waals surface area contributed by atoms with Crippen molar-refractivity contribution in [3.05, 3.63) is 34.3 Å². The van der Waals surface area contributed by atoms with Crippen LogP contribution in [0.25, 0.3) is 0 Å². The number of halogens is 2. The highest BCUT2D eigenvalue weighted by Crippen LogP contribution is 2.12. The van der Waals surface area contributed by atoms with Crippen molar-refractivity contribution in [1.29, 1.82) is 0 Å². The van der Waals surface area contributed by atoms with Gasteiger partial charge in [-0.15, -0.1) is 24.0 Å². The molecule has 1 aliphatic heterocycles. The van der Waals surface area contributed by atoms with E-state index in [0.717, 1.165) is 49.5 Å². The average molecular weight is 523 g/mol. The molecule has 5 nitrogen and oxygen atoms in total. The molecule has 0 unspecified atom stereocenters. The second kappa shape index (κ2) is 11.7. The predicted octanol–water partition coefficient (Wildman–Crippen LogP) is 3.48. The Kier molecular flexibility index (Phi) is 10.4. The zero-order chi connectivity index (χ0) is 17.4. The number of rotatable bonds is 5. The van der Waals surface area contributed by atoms with Crippen LogP contribution in [0.2, 0.25) is 0 Å². The van der Waals surface area contributed by atoms with Crippen molar-refractivity contribution >= 4 is 51.8 Å². The molecule has 1 amide bonds. The summed E-state index contributed by atoms with van der Waals surface area (Å²) in [5, 5.41) is 3.27. The number of nitrogens with one attached hydrogen (secondary N) is 1. The fraction of sp³-hybridized carbons (Fsp3) is 0.556. The first-order valence-corrected chi connectivity index (χ1v) is 9.41. The van der Waals surface area contributed by atoms with Crippen LogP contribution in [0.1, 0.15) is 31.7 Å². The van der Waals surface area contributed by atoms with E-state index in [1.165, 1.54) is 12.0 Å². The molecule has 1 saturated heterocycles. The normalized spacial score (nSPS) is 14.7. The summed E-state index contributed by atoms with van der Waals surface area (Å²) >= 11 is 3.45. The topological polar surface area (TPSA) is 47.9 Å². The number of hydrogen-bond donors (Lipinski definition) is 1. The Morgan fingerprint density at radius 3 is 2.48 bits per heavy atom. The van der Waals surface area contributed by atoms with Gasteiger partial charge in [-0.2, -0.15) is 0 Å². The number of benzene rings is 1. The van der Waals surface area contributed by atoms with Crippen LogP contribution in [0.5, 0.6) is 0 Å². The summed E-state index contributed by atoms with van der Waals surface area (Å²) in [5.41, 5.74) is 1.20. The molecule has 2 rings (SSSR count). The van der Waals surface area contributed by atoms with Crippen LogP contribution in [0.15, 0.2) is 33.7 Å². The molecular formula is C18H28BrIN4O. The second-order valence-corrected chi connectivity index (χ2v) is 7.01. The van der Waals surface area contributed by atoms with Crippen LogP contribution in [-0.2, 0) is 11.3 Å². The predicted molar refractivity (Wildman–Crippen MR) is 117 cm³/mol. The molecule has 0 saturated carbocycles. The molecule has 1 N–H and O–H groups in total. The van der Waals surface area contributed by atoms with Crippen LogP contribution in [0.3, 0.4) is 0 Å². The first-order chi connectivity index (χ1) is 11.6. The molecule has 1 aliphatic rings. The van der Waals surface area contributed by atoms with E-state index in [1.54, 1.807) is 0 Å². The second-order valence-electron chi connectivity index (χ2n) is 6.09. The molecule has 25 heavy (non-hydrogen) atoms. The van der Waals surface area contributed by atoms with Crippen molar-refractivity contribution in [3.63, 3.8) is 0 Å². The van der Waals surface area contributed by atoms with Gasteiger partial charge >= 0.3 is 0 Å². The molecular weight excluding hydrogens is 495 g/mol.